The molecule has 1 fully saturated rings. The summed E-state index contributed by atoms with van der Waals surface area (Å²) in [7, 11) is 0. The van der Waals surface area contributed by atoms with Crippen LogP contribution in [0.1, 0.15) is 22.8 Å². The highest BCUT2D eigenvalue weighted by Crippen LogP contribution is 2.41. The van der Waals surface area contributed by atoms with Crippen LogP contribution >= 0.6 is 27.3 Å². The minimum atomic E-state index is 0.659. The quantitative estimate of drug-likeness (QED) is 0.894. The molecule has 2 atom stereocenters. The molecule has 1 aliphatic rings. The fourth-order valence-corrected chi connectivity index (χ4v) is 3.61. The third-order valence-corrected chi connectivity index (χ3v) is 5.16. The van der Waals surface area contributed by atoms with Gasteiger partial charge in [0.25, 0.3) is 0 Å². The first-order valence-electron chi connectivity index (χ1n) is 5.85. The summed E-state index contributed by atoms with van der Waals surface area (Å²) in [6.07, 6.45) is 1.27. The first kappa shape index (κ1) is 11.5. The van der Waals surface area contributed by atoms with Gasteiger partial charge in [-0.1, -0.05) is 30.3 Å². The number of hydrogen-bond donors (Lipinski definition) is 1. The minimum absolute atomic E-state index is 0.659. The number of benzene rings is 1. The topological polar surface area (TPSA) is 12.0 Å². The van der Waals surface area contributed by atoms with E-state index in [4.69, 9.17) is 0 Å². The van der Waals surface area contributed by atoms with Crippen LogP contribution in [0.25, 0.3) is 0 Å². The summed E-state index contributed by atoms with van der Waals surface area (Å²) in [4.78, 5) is 1.39. The van der Waals surface area contributed by atoms with E-state index < -0.39 is 0 Å². The Hall–Kier alpha value is -0.640. The summed E-state index contributed by atoms with van der Waals surface area (Å²) in [6.45, 7) is 0.978. The van der Waals surface area contributed by atoms with Gasteiger partial charge in [0.2, 0.25) is 0 Å². The summed E-state index contributed by atoms with van der Waals surface area (Å²) in [5.41, 5.74) is 1.47. The van der Waals surface area contributed by atoms with Crippen LogP contribution in [0.15, 0.2) is 46.3 Å². The van der Waals surface area contributed by atoms with Crippen LogP contribution in [-0.2, 0) is 6.54 Å². The lowest BCUT2D eigenvalue weighted by Gasteiger charge is -2.03. The van der Waals surface area contributed by atoms with Crippen molar-refractivity contribution in [3.63, 3.8) is 0 Å². The fourth-order valence-electron chi connectivity index (χ4n) is 2.16. The fraction of sp³-hybridized carbons (Fsp3) is 0.286. The SMILES string of the molecule is Brc1ccsc1CNC1CC1c1ccccc1. The second-order valence-corrected chi connectivity index (χ2v) is 6.29. The Morgan fingerprint density at radius 2 is 2.06 bits per heavy atom. The third-order valence-electron chi connectivity index (χ3n) is 3.23. The van der Waals surface area contributed by atoms with E-state index in [2.05, 4.69) is 63.0 Å². The first-order valence-corrected chi connectivity index (χ1v) is 7.52. The summed E-state index contributed by atoms with van der Waals surface area (Å²) in [5.74, 6) is 0.718. The lowest BCUT2D eigenvalue weighted by atomic mass is 10.1. The minimum Gasteiger partial charge on any atom is -0.308 e. The molecule has 0 amide bonds. The smallest absolute Gasteiger partial charge is 0.0327 e. The molecule has 2 unspecified atom stereocenters. The van der Waals surface area contributed by atoms with E-state index in [1.807, 2.05) is 0 Å². The third kappa shape index (κ3) is 2.62. The molecule has 2 aromatic rings. The molecule has 0 aliphatic heterocycles. The van der Waals surface area contributed by atoms with Crippen molar-refractivity contribution in [1.29, 1.82) is 0 Å². The second-order valence-electron chi connectivity index (χ2n) is 4.43. The van der Waals surface area contributed by atoms with E-state index >= 15 is 0 Å². The first-order chi connectivity index (χ1) is 8.34. The number of rotatable bonds is 4. The Labute approximate surface area is 114 Å². The highest BCUT2D eigenvalue weighted by Gasteiger charge is 2.37. The van der Waals surface area contributed by atoms with Crippen LogP contribution in [0.3, 0.4) is 0 Å². The van der Waals surface area contributed by atoms with Crippen LogP contribution in [0.4, 0.5) is 0 Å². The number of hydrogen-bond acceptors (Lipinski definition) is 2. The molecular weight excluding hydrogens is 294 g/mol. The Morgan fingerprint density at radius 1 is 1.24 bits per heavy atom. The Morgan fingerprint density at radius 3 is 2.76 bits per heavy atom. The largest absolute Gasteiger partial charge is 0.308 e. The van der Waals surface area contributed by atoms with Gasteiger partial charge in [-0.2, -0.15) is 0 Å². The maximum atomic E-state index is 3.63. The van der Waals surface area contributed by atoms with E-state index in [1.54, 1.807) is 11.3 Å². The number of halogens is 1. The van der Waals surface area contributed by atoms with Gasteiger partial charge in [-0.25, -0.2) is 0 Å². The van der Waals surface area contributed by atoms with Crippen LogP contribution < -0.4 is 5.32 Å². The van der Waals surface area contributed by atoms with Crippen molar-refractivity contribution in [2.75, 3.05) is 0 Å². The van der Waals surface area contributed by atoms with Crippen molar-refractivity contribution < 1.29 is 0 Å². The van der Waals surface area contributed by atoms with Crippen molar-refractivity contribution in [2.24, 2.45) is 0 Å². The molecule has 0 saturated heterocycles. The number of thiophene rings is 1. The van der Waals surface area contributed by atoms with Gasteiger partial charge < -0.3 is 5.32 Å². The average Bonchev–Trinajstić information content (AvgIpc) is 3.04. The van der Waals surface area contributed by atoms with Gasteiger partial charge in [-0.3, -0.25) is 0 Å². The molecule has 1 aromatic heterocycles. The van der Waals surface area contributed by atoms with Gasteiger partial charge in [0.05, 0.1) is 0 Å². The van der Waals surface area contributed by atoms with Gasteiger partial charge in [0.15, 0.2) is 0 Å². The number of nitrogens with one attached hydrogen (secondary N) is 1. The standard InChI is InChI=1S/C14H14BrNS/c15-12-6-7-17-14(12)9-16-13-8-11(13)10-4-2-1-3-5-10/h1-7,11,13,16H,8-9H2. The Kier molecular flexibility index (Phi) is 3.32. The molecule has 1 saturated carbocycles. The monoisotopic (exact) mass is 307 g/mol. The summed E-state index contributed by atoms with van der Waals surface area (Å²) in [5, 5.41) is 5.76. The molecule has 88 valence electrons. The van der Waals surface area contributed by atoms with Crippen LogP contribution in [-0.4, -0.2) is 6.04 Å². The summed E-state index contributed by atoms with van der Waals surface area (Å²) in [6, 6.07) is 13.6. The molecule has 1 aromatic carbocycles. The summed E-state index contributed by atoms with van der Waals surface area (Å²) >= 11 is 5.37. The second kappa shape index (κ2) is 4.92. The lowest BCUT2D eigenvalue weighted by molar-refractivity contribution is 0.678. The van der Waals surface area contributed by atoms with Crippen molar-refractivity contribution >= 4 is 27.3 Å². The predicted molar refractivity (Wildman–Crippen MR) is 76.4 cm³/mol. The van der Waals surface area contributed by atoms with Crippen LogP contribution in [0.2, 0.25) is 0 Å². The molecule has 0 radical (unpaired) electrons. The normalized spacial score (nSPS) is 22.6. The van der Waals surface area contributed by atoms with E-state index in [0.717, 1.165) is 12.5 Å². The van der Waals surface area contributed by atoms with Crippen LogP contribution in [0, 0.1) is 0 Å². The molecule has 17 heavy (non-hydrogen) atoms. The maximum Gasteiger partial charge on any atom is 0.0327 e. The average molecular weight is 308 g/mol. The van der Waals surface area contributed by atoms with Crippen molar-refractivity contribution in [3.05, 3.63) is 56.7 Å². The molecule has 1 aliphatic carbocycles. The Balaban J connectivity index is 1.55. The molecule has 0 spiro atoms. The zero-order chi connectivity index (χ0) is 11.7. The van der Waals surface area contributed by atoms with Gasteiger partial charge in [-0.15, -0.1) is 11.3 Å². The van der Waals surface area contributed by atoms with Gasteiger partial charge >= 0.3 is 0 Å². The zero-order valence-corrected chi connectivity index (χ0v) is 11.8. The predicted octanol–water partition coefficient (Wildman–Crippen LogP) is 4.16. The highest BCUT2D eigenvalue weighted by molar-refractivity contribution is 9.10. The highest BCUT2D eigenvalue weighted by atomic mass is 79.9. The van der Waals surface area contributed by atoms with E-state index in [1.165, 1.54) is 21.3 Å². The Bertz CT molecular complexity index is 494. The zero-order valence-electron chi connectivity index (χ0n) is 9.40. The van der Waals surface area contributed by atoms with Crippen molar-refractivity contribution in [1.82, 2.24) is 5.32 Å². The molecular formula is C14H14BrNS. The van der Waals surface area contributed by atoms with Crippen LogP contribution in [0.5, 0.6) is 0 Å². The molecule has 1 N–H and O–H groups in total. The molecule has 1 heterocycles. The van der Waals surface area contributed by atoms with E-state index in [0.29, 0.717) is 6.04 Å². The summed E-state index contributed by atoms with van der Waals surface area (Å²) < 4.78 is 1.23. The van der Waals surface area contributed by atoms with E-state index in [9.17, 15) is 0 Å². The van der Waals surface area contributed by atoms with Gasteiger partial charge in [-0.05, 0) is 39.4 Å². The molecule has 3 rings (SSSR count). The van der Waals surface area contributed by atoms with Gasteiger partial charge in [0, 0.05) is 27.9 Å². The van der Waals surface area contributed by atoms with Crippen molar-refractivity contribution in [3.8, 4) is 0 Å². The maximum absolute atomic E-state index is 3.63. The van der Waals surface area contributed by atoms with Gasteiger partial charge in [0.1, 0.15) is 0 Å². The lowest BCUT2D eigenvalue weighted by Crippen LogP contribution is -2.16. The molecule has 0 bridgehead atoms. The van der Waals surface area contributed by atoms with E-state index in [-0.39, 0.29) is 0 Å². The molecule has 1 nitrogen and oxygen atoms in total. The molecule has 3 heteroatoms. The van der Waals surface area contributed by atoms with Crippen molar-refractivity contribution in [2.45, 2.75) is 24.9 Å².